The second-order valence-electron chi connectivity index (χ2n) is 7.67. The van der Waals surface area contributed by atoms with Crippen molar-refractivity contribution >= 4 is 17.5 Å². The molecule has 31 heavy (non-hydrogen) atoms. The molecule has 7 nitrogen and oxygen atoms in total. The Hall–Kier alpha value is -2.50. The first-order valence-corrected chi connectivity index (χ1v) is 9.90. The Balaban J connectivity index is 1.60. The minimum atomic E-state index is -4.71. The van der Waals surface area contributed by atoms with Crippen molar-refractivity contribution in [3.8, 4) is 0 Å². The lowest BCUT2D eigenvalue weighted by Gasteiger charge is -2.27. The van der Waals surface area contributed by atoms with Gasteiger partial charge in [0.05, 0.1) is 18.1 Å². The van der Waals surface area contributed by atoms with Crippen LogP contribution in [0.25, 0.3) is 0 Å². The van der Waals surface area contributed by atoms with Gasteiger partial charge in [0.1, 0.15) is 11.9 Å². The smallest absolute Gasteiger partial charge is 0.335 e. The van der Waals surface area contributed by atoms with E-state index in [1.54, 1.807) is 0 Å². The molecule has 168 valence electrons. The number of hydrogen-bond acceptors (Lipinski definition) is 4. The Morgan fingerprint density at radius 3 is 2.68 bits per heavy atom. The van der Waals surface area contributed by atoms with Crippen LogP contribution < -0.4 is 5.69 Å². The van der Waals surface area contributed by atoms with Gasteiger partial charge >= 0.3 is 11.9 Å². The van der Waals surface area contributed by atoms with Gasteiger partial charge in [0.2, 0.25) is 5.91 Å². The van der Waals surface area contributed by atoms with Crippen LogP contribution in [0, 0.1) is 0 Å². The Morgan fingerprint density at radius 2 is 2.06 bits per heavy atom. The summed E-state index contributed by atoms with van der Waals surface area (Å²) in [5, 5.41) is 3.58. The van der Waals surface area contributed by atoms with Crippen molar-refractivity contribution in [3.05, 3.63) is 44.9 Å². The van der Waals surface area contributed by atoms with Gasteiger partial charge in [-0.25, -0.2) is 23.2 Å². The van der Waals surface area contributed by atoms with Crippen molar-refractivity contribution in [2.75, 3.05) is 13.1 Å². The Labute approximate surface area is 177 Å². The van der Waals surface area contributed by atoms with Crippen molar-refractivity contribution in [1.29, 1.82) is 0 Å². The van der Waals surface area contributed by atoms with Gasteiger partial charge < -0.3 is 4.90 Å². The maximum atomic E-state index is 13.5. The molecule has 0 radical (unpaired) electrons. The summed E-state index contributed by atoms with van der Waals surface area (Å²) in [6.07, 6.45) is -2.91. The first-order chi connectivity index (χ1) is 14.5. The van der Waals surface area contributed by atoms with Crippen molar-refractivity contribution in [3.63, 3.8) is 0 Å². The van der Waals surface area contributed by atoms with Gasteiger partial charge in [-0.05, 0) is 24.5 Å². The number of alkyl halides is 5. The largest absolute Gasteiger partial charge is 0.434 e. The maximum Gasteiger partial charge on any atom is 0.434 e. The van der Waals surface area contributed by atoms with Crippen LogP contribution >= 0.6 is 11.6 Å². The number of fused-ring (bicyclic) bond motifs is 1. The van der Waals surface area contributed by atoms with Crippen LogP contribution in [-0.2, 0) is 23.9 Å². The third-order valence-electron chi connectivity index (χ3n) is 5.40. The van der Waals surface area contributed by atoms with Crippen LogP contribution in [0.3, 0.4) is 0 Å². The zero-order valence-electron chi connectivity index (χ0n) is 16.0. The number of pyridine rings is 1. The molecule has 1 amide bonds. The summed E-state index contributed by atoms with van der Waals surface area (Å²) in [6, 6.07) is 0.116. The van der Waals surface area contributed by atoms with Gasteiger partial charge in [0, 0.05) is 25.6 Å². The summed E-state index contributed by atoms with van der Waals surface area (Å²) < 4.78 is 67.7. The third-order valence-corrected chi connectivity index (χ3v) is 5.68. The number of hydrogen-bond donors (Lipinski definition) is 0. The average Bonchev–Trinajstić information content (AvgIpc) is 3.19. The van der Waals surface area contributed by atoms with Crippen LogP contribution in [0.2, 0.25) is 5.02 Å². The van der Waals surface area contributed by atoms with E-state index in [4.69, 9.17) is 11.6 Å². The van der Waals surface area contributed by atoms with E-state index in [1.165, 1.54) is 4.57 Å². The van der Waals surface area contributed by atoms with Gasteiger partial charge in [0.25, 0.3) is 5.92 Å². The molecule has 0 saturated carbocycles. The Bertz CT molecular complexity index is 1080. The predicted octanol–water partition coefficient (Wildman–Crippen LogP) is 2.91. The number of likely N-dealkylation sites (tertiary alicyclic amines) is 1. The first-order valence-electron chi connectivity index (χ1n) is 9.53. The van der Waals surface area contributed by atoms with Gasteiger partial charge in [-0.1, -0.05) is 11.6 Å². The topological polar surface area (TPSA) is 73.0 Å². The van der Waals surface area contributed by atoms with E-state index in [-0.39, 0.29) is 18.7 Å². The molecule has 1 saturated heterocycles. The normalized spacial score (nSPS) is 20.7. The summed E-state index contributed by atoms with van der Waals surface area (Å²) in [5.41, 5.74) is -1.66. The highest BCUT2D eigenvalue weighted by Gasteiger charge is 2.43. The molecule has 4 rings (SSSR count). The van der Waals surface area contributed by atoms with E-state index >= 15 is 0 Å². The van der Waals surface area contributed by atoms with E-state index in [1.807, 2.05) is 0 Å². The standard InChI is InChI=1S/C18H17ClF5N5O2/c19-11-6-10(7-25-14(11)18(22,23)24)8-28-16(31)29-12(2-1-3-13(29)26-28)15(30)27-5-4-17(20,21)9-27/h6-7,12H,1-5,8-9H2/t12-/m0/s1. The fourth-order valence-corrected chi connectivity index (χ4v) is 4.24. The molecule has 2 aliphatic rings. The zero-order chi connectivity index (χ0) is 22.6. The second-order valence-corrected chi connectivity index (χ2v) is 8.08. The fraction of sp³-hybridized carbons (Fsp3) is 0.556. The SMILES string of the molecule is O=C([C@@H]1CCCc2nn(Cc3cnc(C(F)(F)F)c(Cl)c3)c(=O)n21)N1CCC(F)(F)C1. The van der Waals surface area contributed by atoms with Crippen molar-refractivity contribution in [2.24, 2.45) is 0 Å². The fourth-order valence-electron chi connectivity index (χ4n) is 3.95. The molecule has 1 fully saturated rings. The van der Waals surface area contributed by atoms with E-state index in [0.717, 1.165) is 21.8 Å². The Kier molecular flexibility index (Phi) is 5.31. The molecule has 0 spiro atoms. The van der Waals surface area contributed by atoms with E-state index in [9.17, 15) is 31.5 Å². The van der Waals surface area contributed by atoms with Gasteiger partial charge in [-0.15, -0.1) is 0 Å². The molecular formula is C18H17ClF5N5O2. The lowest BCUT2D eigenvalue weighted by atomic mass is 10.0. The van der Waals surface area contributed by atoms with Crippen molar-refractivity contribution in [2.45, 2.75) is 50.4 Å². The summed E-state index contributed by atoms with van der Waals surface area (Å²) >= 11 is 5.67. The van der Waals surface area contributed by atoms with Gasteiger partial charge in [0.15, 0.2) is 5.69 Å². The second kappa shape index (κ2) is 7.57. The number of carbonyl (C=O) groups excluding carboxylic acids is 1. The predicted molar refractivity (Wildman–Crippen MR) is 98.0 cm³/mol. The summed E-state index contributed by atoms with van der Waals surface area (Å²) in [6.45, 7) is -0.973. The minimum absolute atomic E-state index is 0.0870. The molecule has 0 aliphatic carbocycles. The van der Waals surface area contributed by atoms with Crippen LogP contribution in [0.4, 0.5) is 22.0 Å². The number of nitrogens with zero attached hydrogens (tertiary/aromatic N) is 5. The van der Waals surface area contributed by atoms with Gasteiger partial charge in [-0.2, -0.15) is 18.3 Å². The highest BCUT2D eigenvalue weighted by Crippen LogP contribution is 2.33. The molecule has 1 atom stereocenters. The average molecular weight is 466 g/mol. The molecule has 2 aliphatic heterocycles. The molecule has 2 aromatic heterocycles. The number of rotatable bonds is 3. The minimum Gasteiger partial charge on any atom is -0.335 e. The van der Waals surface area contributed by atoms with E-state index in [2.05, 4.69) is 10.1 Å². The van der Waals surface area contributed by atoms with Crippen LogP contribution in [-0.4, -0.2) is 49.2 Å². The highest BCUT2D eigenvalue weighted by atomic mass is 35.5. The summed E-state index contributed by atoms with van der Waals surface area (Å²) in [4.78, 5) is 30.1. The number of amides is 1. The van der Waals surface area contributed by atoms with Crippen molar-refractivity contribution in [1.82, 2.24) is 24.2 Å². The number of aromatic nitrogens is 4. The highest BCUT2D eigenvalue weighted by molar-refractivity contribution is 6.31. The zero-order valence-corrected chi connectivity index (χ0v) is 16.8. The molecule has 0 bridgehead atoms. The molecule has 4 heterocycles. The first kappa shape index (κ1) is 21.7. The molecule has 0 N–H and O–H groups in total. The molecule has 2 aromatic rings. The molecule has 0 aromatic carbocycles. The lowest BCUT2D eigenvalue weighted by Crippen LogP contribution is -2.42. The van der Waals surface area contributed by atoms with Crippen LogP contribution in [0.15, 0.2) is 17.1 Å². The summed E-state index contributed by atoms with van der Waals surface area (Å²) in [5.74, 6) is -3.18. The maximum absolute atomic E-state index is 13.5. The van der Waals surface area contributed by atoms with Crippen LogP contribution in [0.5, 0.6) is 0 Å². The lowest BCUT2D eigenvalue weighted by molar-refractivity contribution is -0.141. The number of carbonyl (C=O) groups is 1. The van der Waals surface area contributed by atoms with E-state index in [0.29, 0.717) is 25.1 Å². The van der Waals surface area contributed by atoms with E-state index < -0.39 is 53.4 Å². The Morgan fingerprint density at radius 1 is 1.32 bits per heavy atom. The number of aryl methyl sites for hydroxylation is 1. The van der Waals surface area contributed by atoms with Crippen LogP contribution in [0.1, 0.15) is 42.4 Å². The molecular weight excluding hydrogens is 449 g/mol. The molecule has 13 heteroatoms. The quantitative estimate of drug-likeness (QED) is 0.653. The van der Waals surface area contributed by atoms with Gasteiger partial charge in [-0.3, -0.25) is 9.36 Å². The molecule has 0 unspecified atom stereocenters. The monoisotopic (exact) mass is 465 g/mol. The van der Waals surface area contributed by atoms with Crippen molar-refractivity contribution < 1.29 is 26.7 Å². The number of halogens is 6. The third kappa shape index (κ3) is 4.17. The summed E-state index contributed by atoms with van der Waals surface area (Å²) in [7, 11) is 0.